The number of nitrogens with zero attached hydrogens (tertiary/aromatic N) is 7. The fourth-order valence-corrected chi connectivity index (χ4v) is 15.2. The highest BCUT2D eigenvalue weighted by Crippen LogP contribution is 2.58. The van der Waals surface area contributed by atoms with Gasteiger partial charge in [-0.15, -0.1) is 5.10 Å². The standard InChI is InChI=1S/C80H82N16O24S/c81-77-92-68-67(73(111)93-77)87-44(36-86-68)35-85-42-8-4-39(5-9-42)70(108)90-58(75(114)115)21-15-46(97)27-40(29-64(101)102)71(109)91-59(34-66(105)106)61(100)28-41(30-65(103)104)72(110)89-57(74(112)113)3-1-2-24-82-69(107)38-6-11-45(12-7-38)96-60-23-17-50-49(16-22-56(60)94-95-96)52(50)37-118-79(117)84-26-25-83-78(121)88-43-10-18-53-51(31-43)76(116)120-80(53)54-19-13-47(98)32-62(54)119-63-33-48(99)14-20-55(63)80/h4-14,18-20,31-33,36,40-41,49-50,52,57-59,85,98-99H,1-3,15-17,21-30,34-35,37H2,(H,82,107)(H,84,117)(H,89,110)(H,90,108)(H,91,109)(H,101,102)(H,103,104)(H,105,106)(H,112,113)(H,114,115)(H2,83,88,121)(H3,81,86,92,93,111)/t40-,41-,49+,50-,52+,57-,58-,59-/m0/s1. The fourth-order valence-electron chi connectivity index (χ4n) is 15.0. The number of benzene rings is 5. The summed E-state index contributed by atoms with van der Waals surface area (Å²) in [6, 6.07) is 21.0. The molecule has 0 radical (unpaired) electrons. The zero-order valence-electron chi connectivity index (χ0n) is 64.2. The number of fused-ring (bicyclic) bond motifs is 9. The number of ketones is 2. The summed E-state index contributed by atoms with van der Waals surface area (Å²) < 4.78 is 19.6. The normalized spacial score (nSPS) is 16.2. The molecule has 1 saturated carbocycles. The van der Waals surface area contributed by atoms with E-state index in [-0.39, 0.29) is 120 Å². The second-order valence-electron chi connectivity index (χ2n) is 29.3. The van der Waals surface area contributed by atoms with Gasteiger partial charge in [0.2, 0.25) is 23.6 Å². The number of nitrogens with two attached hydrogens (primary N) is 1. The summed E-state index contributed by atoms with van der Waals surface area (Å²) >= 11 is 5.53. The number of aliphatic carboxylic acids is 5. The first-order valence-electron chi connectivity index (χ1n) is 38.3. The summed E-state index contributed by atoms with van der Waals surface area (Å²) in [5.41, 5.74) is 9.94. The molecule has 8 aromatic rings. The van der Waals surface area contributed by atoms with Crippen LogP contribution < -0.4 is 53.0 Å². The third-order valence-corrected chi connectivity index (χ3v) is 21.3. The first-order chi connectivity index (χ1) is 57.9. The number of ether oxygens (including phenoxy) is 3. The van der Waals surface area contributed by atoms with E-state index in [1.807, 2.05) is 0 Å². The molecule has 1 fully saturated rings. The Morgan fingerprint density at radius 1 is 0.620 bits per heavy atom. The number of aryl methyl sites for hydroxylation is 1. The molecule has 5 aromatic carbocycles. The molecular weight excluding hydrogens is 1600 g/mol. The number of esters is 1. The zero-order valence-corrected chi connectivity index (χ0v) is 65.0. The third kappa shape index (κ3) is 21.1. The van der Waals surface area contributed by atoms with E-state index in [9.17, 15) is 103 Å². The lowest BCUT2D eigenvalue weighted by molar-refractivity contribution is -0.146. The van der Waals surface area contributed by atoms with Gasteiger partial charge in [-0.25, -0.2) is 33.8 Å². The number of alkyl carbamates (subject to hydrolysis) is 1. The molecule has 1 spiro atoms. The molecule has 5 heterocycles. The van der Waals surface area contributed by atoms with Crippen LogP contribution >= 0.6 is 12.2 Å². The maximum atomic E-state index is 13.8. The van der Waals surface area contributed by atoms with Gasteiger partial charge in [-0.1, -0.05) is 11.3 Å². The van der Waals surface area contributed by atoms with E-state index >= 15 is 0 Å². The largest absolute Gasteiger partial charge is 0.508 e. The van der Waals surface area contributed by atoms with Crippen molar-refractivity contribution in [1.29, 1.82) is 0 Å². The molecule has 2 aliphatic heterocycles. The summed E-state index contributed by atoms with van der Waals surface area (Å²) in [5, 5.41) is 110. The molecule has 41 heteroatoms. The molecule has 632 valence electrons. The van der Waals surface area contributed by atoms with E-state index in [1.54, 1.807) is 59.3 Å². The number of phenolic OH excluding ortho intramolecular Hbond substituents is 2. The number of aromatic nitrogens is 7. The molecule has 8 atom stereocenters. The number of anilines is 3. The van der Waals surface area contributed by atoms with E-state index in [1.165, 1.54) is 54.7 Å². The number of carboxylic acid groups (broad SMARTS) is 5. The van der Waals surface area contributed by atoms with Crippen LogP contribution in [0.2, 0.25) is 0 Å². The summed E-state index contributed by atoms with van der Waals surface area (Å²) in [6.07, 6.45) is -2.78. The lowest BCUT2D eigenvalue weighted by Crippen LogP contribution is -2.48. The van der Waals surface area contributed by atoms with Crippen LogP contribution in [0.3, 0.4) is 0 Å². The summed E-state index contributed by atoms with van der Waals surface area (Å²) in [5.74, 6) is -17.9. The lowest BCUT2D eigenvalue weighted by Gasteiger charge is -2.36. The topological polar surface area (TPSA) is 616 Å². The molecule has 121 heavy (non-hydrogen) atoms. The number of thiocarbonyl (C=S) groups is 1. The molecule has 3 aromatic heterocycles. The van der Waals surface area contributed by atoms with E-state index in [0.717, 1.165) is 24.2 Å². The second kappa shape index (κ2) is 37.8. The summed E-state index contributed by atoms with van der Waals surface area (Å²) in [7, 11) is 0. The van der Waals surface area contributed by atoms with Crippen molar-refractivity contribution in [3.05, 3.63) is 160 Å². The lowest BCUT2D eigenvalue weighted by atomic mass is 9.77. The van der Waals surface area contributed by atoms with Crippen LogP contribution in [-0.2, 0) is 77.6 Å². The number of hydrogen-bond donors (Lipinski definition) is 17. The van der Waals surface area contributed by atoms with Crippen LogP contribution in [0.1, 0.15) is 142 Å². The van der Waals surface area contributed by atoms with Crippen molar-refractivity contribution in [3.8, 4) is 34.6 Å². The monoisotopic (exact) mass is 1680 g/mol. The number of aromatic hydroxyl groups is 3. The van der Waals surface area contributed by atoms with Crippen molar-refractivity contribution in [3.63, 3.8) is 0 Å². The van der Waals surface area contributed by atoms with Crippen LogP contribution in [0.15, 0.2) is 109 Å². The number of hydrogen-bond acceptors (Lipinski definition) is 28. The Bertz CT molecular complexity index is 5370. The van der Waals surface area contributed by atoms with Gasteiger partial charge in [0, 0.05) is 90.2 Å². The van der Waals surface area contributed by atoms with E-state index in [2.05, 4.69) is 72.8 Å². The number of amides is 5. The maximum Gasteiger partial charge on any atom is 0.407 e. The van der Waals surface area contributed by atoms with Gasteiger partial charge in [0.15, 0.2) is 27.7 Å². The Kier molecular flexibility index (Phi) is 26.8. The smallest absolute Gasteiger partial charge is 0.407 e. The molecule has 4 aliphatic rings. The van der Waals surface area contributed by atoms with Crippen LogP contribution in [0.25, 0.3) is 16.9 Å². The predicted octanol–water partition coefficient (Wildman–Crippen LogP) is 4.53. The quantitative estimate of drug-likeness (QED) is 0.0144. The van der Waals surface area contributed by atoms with E-state index in [0.29, 0.717) is 64.1 Å². The van der Waals surface area contributed by atoms with Crippen LogP contribution in [-0.4, -0.2) is 202 Å². The molecule has 12 rings (SSSR count). The number of carbonyl (C=O) groups excluding carboxylic acids is 8. The summed E-state index contributed by atoms with van der Waals surface area (Å²) in [6.45, 7) is 0.772. The molecule has 2 aliphatic carbocycles. The minimum absolute atomic E-state index is 0.00276. The highest BCUT2D eigenvalue weighted by atomic mass is 32.1. The number of nitrogen functional groups attached to an aromatic ring is 1. The number of nitrogens with one attached hydrogen (secondary N) is 8. The first-order valence-corrected chi connectivity index (χ1v) is 38.7. The molecule has 0 saturated heterocycles. The van der Waals surface area contributed by atoms with Gasteiger partial charge in [0.25, 0.3) is 11.8 Å². The third-order valence-electron chi connectivity index (χ3n) is 21.1. The summed E-state index contributed by atoms with van der Waals surface area (Å²) in [4.78, 5) is 184. The minimum atomic E-state index is -2.05. The van der Waals surface area contributed by atoms with E-state index in [4.69, 9.17) is 32.2 Å². The van der Waals surface area contributed by atoms with Crippen molar-refractivity contribution in [2.75, 3.05) is 42.6 Å². The van der Waals surface area contributed by atoms with Gasteiger partial charge >= 0.3 is 41.9 Å². The second-order valence-corrected chi connectivity index (χ2v) is 29.7. The van der Waals surface area contributed by atoms with Crippen LogP contribution in [0.5, 0.6) is 28.9 Å². The molecule has 40 nitrogen and oxygen atoms in total. The zero-order chi connectivity index (χ0) is 86.5. The Morgan fingerprint density at radius 3 is 1.88 bits per heavy atom. The van der Waals surface area contributed by atoms with Crippen molar-refractivity contribution in [1.82, 2.24) is 66.8 Å². The fraction of sp³-hybridized carbons (Fsp3) is 0.350. The highest BCUT2D eigenvalue weighted by Gasteiger charge is 2.54. The Balaban J connectivity index is 0.543. The van der Waals surface area contributed by atoms with Crippen molar-refractivity contribution < 1.29 is 117 Å². The number of Topliss-reactive ketones (excluding diaryl/α,β-unsaturated/α-hetero) is 2. The average Bonchev–Trinajstić information content (AvgIpc) is 1.56. The molecular formula is C80H82N16O24S. The highest BCUT2D eigenvalue weighted by molar-refractivity contribution is 7.80. The molecule has 0 bridgehead atoms. The van der Waals surface area contributed by atoms with Gasteiger partial charge < -0.3 is 103 Å². The van der Waals surface area contributed by atoms with Gasteiger partial charge in [0.1, 0.15) is 40.9 Å². The van der Waals surface area contributed by atoms with Crippen molar-refractivity contribution in [2.24, 2.45) is 29.6 Å². The van der Waals surface area contributed by atoms with Gasteiger partial charge in [-0.3, -0.25) is 43.2 Å². The van der Waals surface area contributed by atoms with Crippen molar-refractivity contribution >= 4 is 123 Å². The number of unbranched alkanes of at least 4 members (excludes halogenated alkanes) is 1. The van der Waals surface area contributed by atoms with Gasteiger partial charge in [0.05, 0.1) is 84.8 Å². The number of carboxylic acids is 5. The SMILES string of the molecule is Nc1nc(O)c2nc(CNc3ccc(C(=O)N[C@@H](CCC(=O)C[C@@H](CC(=O)O)C(=O)N[C@@H](CC(=O)O)C(=O)C[C@@H](CC(=O)O)C(=O)N[C@@H](CCCCNC(=O)c4ccc(-n5nnc6c5CC[C@H]5[C@@H](CC6)[C@H]5COC(=O)NCCNC(=S)Nc5ccc6c(c5)C(=O)OC65c6ccc(O)cc6Oc6cc(O)ccc65)cc4)C(=O)O)C(=O)O)cc3)cnc2n1. The Labute approximate surface area is 690 Å². The van der Waals surface area contributed by atoms with E-state index < -0.39 is 163 Å². The molecule has 18 N–H and O–H groups in total. The Hall–Kier alpha value is -14.5. The maximum absolute atomic E-state index is 13.8. The first kappa shape index (κ1) is 85.8. The molecule has 0 unspecified atom stereocenters. The Morgan fingerprint density at radius 2 is 1.22 bits per heavy atom. The molecule has 5 amide bonds. The average molecular weight is 1680 g/mol. The van der Waals surface area contributed by atoms with Gasteiger partial charge in [-0.2, -0.15) is 9.97 Å². The number of carbonyl (C=O) groups is 13. The van der Waals surface area contributed by atoms with Crippen LogP contribution in [0.4, 0.5) is 22.1 Å². The predicted molar refractivity (Wildman–Crippen MR) is 424 cm³/mol. The minimum Gasteiger partial charge on any atom is -0.508 e. The van der Waals surface area contributed by atoms with Gasteiger partial charge in [-0.05, 0) is 166 Å². The number of rotatable bonds is 38. The van der Waals surface area contributed by atoms with Crippen molar-refractivity contribution in [2.45, 2.75) is 120 Å². The van der Waals surface area contributed by atoms with Crippen LogP contribution in [0, 0.1) is 29.6 Å². The number of phenols is 2.